The van der Waals surface area contributed by atoms with Crippen molar-refractivity contribution in [2.45, 2.75) is 6.92 Å². The van der Waals surface area contributed by atoms with Gasteiger partial charge in [-0.1, -0.05) is 29.3 Å². The predicted molar refractivity (Wildman–Crippen MR) is 84.3 cm³/mol. The van der Waals surface area contributed by atoms with Crippen molar-refractivity contribution in [1.29, 1.82) is 0 Å². The Morgan fingerprint density at radius 3 is 2.73 bits per heavy atom. The number of rotatable bonds is 4. The molecule has 0 saturated heterocycles. The summed E-state index contributed by atoms with van der Waals surface area (Å²) in [5, 5.41) is 3.00. The Hall–Kier alpha value is -2.11. The van der Waals surface area contributed by atoms with E-state index in [1.807, 2.05) is 13.0 Å². The zero-order valence-electron chi connectivity index (χ0n) is 11.6. The quantitative estimate of drug-likeness (QED) is 0.684. The molecule has 0 aliphatic carbocycles. The van der Waals surface area contributed by atoms with Crippen molar-refractivity contribution in [3.8, 4) is 0 Å². The fraction of sp³-hybridized carbons (Fsp3) is 0.133. The van der Waals surface area contributed by atoms with E-state index in [1.54, 1.807) is 18.2 Å². The number of pyridine rings is 1. The van der Waals surface area contributed by atoms with E-state index < -0.39 is 18.5 Å². The Bertz CT molecular complexity index is 720. The van der Waals surface area contributed by atoms with E-state index in [1.165, 1.54) is 12.3 Å². The third-order valence-corrected chi connectivity index (χ3v) is 3.33. The lowest BCUT2D eigenvalue weighted by Gasteiger charge is -2.09. The molecule has 0 saturated carbocycles. The Kier molecular flexibility index (Phi) is 5.35. The van der Waals surface area contributed by atoms with Gasteiger partial charge in [0.1, 0.15) is 5.15 Å². The van der Waals surface area contributed by atoms with Gasteiger partial charge in [-0.3, -0.25) is 4.79 Å². The lowest BCUT2D eigenvalue weighted by molar-refractivity contribution is -0.119. The van der Waals surface area contributed by atoms with Crippen LogP contribution in [0.1, 0.15) is 15.9 Å². The summed E-state index contributed by atoms with van der Waals surface area (Å²) in [6.07, 6.45) is 1.45. The van der Waals surface area contributed by atoms with Crippen molar-refractivity contribution in [3.05, 3.63) is 57.8 Å². The molecule has 114 valence electrons. The lowest BCUT2D eigenvalue weighted by Crippen LogP contribution is -2.21. The summed E-state index contributed by atoms with van der Waals surface area (Å²) < 4.78 is 4.89. The normalized spacial score (nSPS) is 10.1. The second kappa shape index (κ2) is 7.24. The van der Waals surface area contributed by atoms with E-state index in [-0.39, 0.29) is 10.7 Å². The van der Waals surface area contributed by atoms with E-state index >= 15 is 0 Å². The van der Waals surface area contributed by atoms with Crippen molar-refractivity contribution in [1.82, 2.24) is 4.98 Å². The molecule has 7 heteroatoms. The van der Waals surface area contributed by atoms with Crippen LogP contribution in [-0.4, -0.2) is 23.5 Å². The Balaban J connectivity index is 1.93. The monoisotopic (exact) mass is 338 g/mol. The standard InChI is InChI=1S/C15H12Cl2N2O3/c1-9-4-5-12(11(16)7-9)19-13(20)8-22-15(21)10-3-2-6-18-14(10)17/h2-7H,8H2,1H3,(H,19,20). The van der Waals surface area contributed by atoms with Crippen LogP contribution in [0.15, 0.2) is 36.5 Å². The van der Waals surface area contributed by atoms with Crippen LogP contribution in [0, 0.1) is 6.92 Å². The van der Waals surface area contributed by atoms with Crippen molar-refractivity contribution < 1.29 is 14.3 Å². The second-order valence-corrected chi connectivity index (χ2v) is 5.21. The third-order valence-electron chi connectivity index (χ3n) is 2.71. The average Bonchev–Trinajstić information content (AvgIpc) is 2.48. The first-order valence-electron chi connectivity index (χ1n) is 6.31. The number of nitrogens with one attached hydrogen (secondary N) is 1. The van der Waals surface area contributed by atoms with Crippen molar-refractivity contribution in [2.24, 2.45) is 0 Å². The van der Waals surface area contributed by atoms with Gasteiger partial charge in [-0.25, -0.2) is 9.78 Å². The van der Waals surface area contributed by atoms with E-state index in [0.717, 1.165) is 5.56 Å². The van der Waals surface area contributed by atoms with Crippen LogP contribution >= 0.6 is 23.2 Å². The number of halogens is 2. The molecule has 1 N–H and O–H groups in total. The van der Waals surface area contributed by atoms with E-state index in [9.17, 15) is 9.59 Å². The van der Waals surface area contributed by atoms with Crippen molar-refractivity contribution >= 4 is 40.8 Å². The molecule has 0 radical (unpaired) electrons. The van der Waals surface area contributed by atoms with Gasteiger partial charge in [0.05, 0.1) is 16.3 Å². The highest BCUT2D eigenvalue weighted by molar-refractivity contribution is 6.34. The zero-order valence-corrected chi connectivity index (χ0v) is 13.1. The van der Waals surface area contributed by atoms with Gasteiger partial charge >= 0.3 is 5.97 Å². The van der Waals surface area contributed by atoms with Gasteiger partial charge in [0.25, 0.3) is 5.91 Å². The van der Waals surface area contributed by atoms with Crippen molar-refractivity contribution in [3.63, 3.8) is 0 Å². The molecule has 22 heavy (non-hydrogen) atoms. The molecule has 5 nitrogen and oxygen atoms in total. The number of carbonyl (C=O) groups is 2. The van der Waals surface area contributed by atoms with Crippen LogP contribution in [0.2, 0.25) is 10.2 Å². The van der Waals surface area contributed by atoms with E-state index in [4.69, 9.17) is 27.9 Å². The number of esters is 1. The van der Waals surface area contributed by atoms with Gasteiger partial charge in [0.15, 0.2) is 6.61 Å². The highest BCUT2D eigenvalue weighted by Crippen LogP contribution is 2.22. The molecular weight excluding hydrogens is 327 g/mol. The Morgan fingerprint density at radius 2 is 2.05 bits per heavy atom. The van der Waals surface area contributed by atoms with Crippen LogP contribution in [0.4, 0.5) is 5.69 Å². The smallest absolute Gasteiger partial charge is 0.341 e. The van der Waals surface area contributed by atoms with E-state index in [0.29, 0.717) is 10.7 Å². The molecule has 0 aliphatic rings. The first-order valence-corrected chi connectivity index (χ1v) is 7.06. The molecule has 2 rings (SSSR count). The molecule has 1 heterocycles. The summed E-state index contributed by atoms with van der Waals surface area (Å²) in [7, 11) is 0. The molecule has 0 atom stereocenters. The Labute approximate surface area is 137 Å². The fourth-order valence-corrected chi connectivity index (χ4v) is 2.13. The SMILES string of the molecule is Cc1ccc(NC(=O)COC(=O)c2cccnc2Cl)c(Cl)c1. The molecule has 1 aromatic carbocycles. The maximum atomic E-state index is 11.8. The topological polar surface area (TPSA) is 68.3 Å². The number of amides is 1. The number of hydrogen-bond acceptors (Lipinski definition) is 4. The van der Waals surface area contributed by atoms with Crippen molar-refractivity contribution in [2.75, 3.05) is 11.9 Å². The van der Waals surface area contributed by atoms with E-state index in [2.05, 4.69) is 10.3 Å². The molecule has 2 aromatic rings. The fourth-order valence-electron chi connectivity index (χ4n) is 1.65. The third kappa shape index (κ3) is 4.19. The van der Waals surface area contributed by atoms with Crippen LogP contribution in [-0.2, 0) is 9.53 Å². The minimum absolute atomic E-state index is 0.0227. The summed E-state index contributed by atoms with van der Waals surface area (Å²) in [4.78, 5) is 27.3. The number of benzene rings is 1. The number of anilines is 1. The summed E-state index contributed by atoms with van der Waals surface area (Å²) in [5.74, 6) is -1.22. The maximum absolute atomic E-state index is 11.8. The molecule has 0 aliphatic heterocycles. The molecular formula is C15H12Cl2N2O3. The largest absolute Gasteiger partial charge is 0.452 e. The molecule has 0 spiro atoms. The molecule has 0 unspecified atom stereocenters. The number of aryl methyl sites for hydroxylation is 1. The minimum Gasteiger partial charge on any atom is -0.452 e. The molecule has 0 bridgehead atoms. The summed E-state index contributed by atoms with van der Waals surface area (Å²) in [6.45, 7) is 1.44. The highest BCUT2D eigenvalue weighted by Gasteiger charge is 2.14. The minimum atomic E-state index is -0.719. The number of aromatic nitrogens is 1. The van der Waals surface area contributed by atoms with Gasteiger partial charge in [-0.05, 0) is 36.8 Å². The summed E-state index contributed by atoms with van der Waals surface area (Å²) in [5.41, 5.74) is 1.53. The molecule has 1 aromatic heterocycles. The first-order chi connectivity index (χ1) is 10.5. The van der Waals surface area contributed by atoms with Gasteiger partial charge in [0, 0.05) is 6.20 Å². The number of hydrogen-bond donors (Lipinski definition) is 1. The number of ether oxygens (including phenoxy) is 1. The highest BCUT2D eigenvalue weighted by atomic mass is 35.5. The van der Waals surface area contributed by atoms with Gasteiger partial charge in [-0.15, -0.1) is 0 Å². The van der Waals surface area contributed by atoms with Gasteiger partial charge in [0.2, 0.25) is 0 Å². The predicted octanol–water partition coefficient (Wildman–Crippen LogP) is 3.49. The van der Waals surface area contributed by atoms with Crippen LogP contribution in [0.5, 0.6) is 0 Å². The Morgan fingerprint density at radius 1 is 1.27 bits per heavy atom. The summed E-state index contributed by atoms with van der Waals surface area (Å²) >= 11 is 11.8. The number of nitrogens with zero attached hydrogens (tertiary/aromatic N) is 1. The maximum Gasteiger partial charge on any atom is 0.341 e. The number of carbonyl (C=O) groups excluding carboxylic acids is 2. The van der Waals surface area contributed by atoms with Gasteiger partial charge < -0.3 is 10.1 Å². The second-order valence-electron chi connectivity index (χ2n) is 4.45. The van der Waals surface area contributed by atoms with Crippen LogP contribution < -0.4 is 5.32 Å². The molecule has 1 amide bonds. The first kappa shape index (κ1) is 16.3. The zero-order chi connectivity index (χ0) is 16.1. The average molecular weight is 339 g/mol. The molecule has 0 fully saturated rings. The van der Waals surface area contributed by atoms with Crippen LogP contribution in [0.25, 0.3) is 0 Å². The summed E-state index contributed by atoms with van der Waals surface area (Å²) in [6, 6.07) is 8.22. The van der Waals surface area contributed by atoms with Gasteiger partial charge in [-0.2, -0.15) is 0 Å². The lowest BCUT2D eigenvalue weighted by atomic mass is 10.2. The van der Waals surface area contributed by atoms with Crippen LogP contribution in [0.3, 0.4) is 0 Å².